The van der Waals surface area contributed by atoms with Gasteiger partial charge in [-0.05, 0) is 63.5 Å². The molecular formula is C17H26O2. The minimum Gasteiger partial charge on any atom is -0.388 e. The van der Waals surface area contributed by atoms with Gasteiger partial charge in [-0.25, -0.2) is 0 Å². The van der Waals surface area contributed by atoms with Crippen LogP contribution in [0.5, 0.6) is 0 Å². The molecule has 0 amide bonds. The predicted octanol–water partition coefficient (Wildman–Crippen LogP) is 3.88. The Bertz CT molecular complexity index is 406. The van der Waals surface area contributed by atoms with Crippen LogP contribution >= 0.6 is 0 Å². The smallest absolute Gasteiger partial charge is 0.0821 e. The molecule has 1 aromatic carbocycles. The molecule has 1 aromatic rings. The van der Waals surface area contributed by atoms with Crippen molar-refractivity contribution in [1.82, 2.24) is 0 Å². The highest BCUT2D eigenvalue weighted by atomic mass is 16.5. The third-order valence-corrected chi connectivity index (χ3v) is 3.87. The van der Waals surface area contributed by atoms with Gasteiger partial charge in [0.05, 0.1) is 11.7 Å². The number of aryl methyl sites for hydroxylation is 1. The molecule has 2 rings (SSSR count). The van der Waals surface area contributed by atoms with Gasteiger partial charge in [0, 0.05) is 6.61 Å². The van der Waals surface area contributed by atoms with Gasteiger partial charge in [0.15, 0.2) is 0 Å². The number of aliphatic hydroxyl groups is 1. The van der Waals surface area contributed by atoms with Crippen LogP contribution in [0.4, 0.5) is 0 Å². The van der Waals surface area contributed by atoms with Gasteiger partial charge in [-0.3, -0.25) is 0 Å². The summed E-state index contributed by atoms with van der Waals surface area (Å²) in [6.07, 6.45) is 3.94. The summed E-state index contributed by atoms with van der Waals surface area (Å²) < 4.78 is 5.80. The van der Waals surface area contributed by atoms with E-state index in [4.69, 9.17) is 4.74 Å². The molecule has 2 unspecified atom stereocenters. The molecule has 2 atom stereocenters. The molecule has 19 heavy (non-hydrogen) atoms. The molecule has 2 heteroatoms. The number of rotatable bonds is 3. The molecule has 106 valence electrons. The Morgan fingerprint density at radius 3 is 2.74 bits per heavy atom. The van der Waals surface area contributed by atoms with Crippen molar-refractivity contribution < 1.29 is 9.84 Å². The molecule has 0 heterocycles. The largest absolute Gasteiger partial charge is 0.388 e. The second-order valence-electron chi connectivity index (χ2n) is 6.55. The molecule has 2 nitrogen and oxygen atoms in total. The third-order valence-electron chi connectivity index (χ3n) is 3.87. The zero-order chi connectivity index (χ0) is 13.9. The van der Waals surface area contributed by atoms with E-state index in [1.54, 1.807) is 0 Å². The molecule has 1 aliphatic carbocycles. The summed E-state index contributed by atoms with van der Waals surface area (Å²) in [4.78, 5) is 0. The molecule has 0 aliphatic heterocycles. The Kier molecular flexibility index (Phi) is 4.64. The molecule has 0 aromatic heterocycles. The lowest BCUT2D eigenvalue weighted by atomic mass is 9.91. The highest BCUT2D eigenvalue weighted by Gasteiger charge is 2.26. The van der Waals surface area contributed by atoms with Gasteiger partial charge >= 0.3 is 0 Å². The quantitative estimate of drug-likeness (QED) is 0.838. The van der Waals surface area contributed by atoms with E-state index in [9.17, 15) is 5.11 Å². The van der Waals surface area contributed by atoms with Crippen molar-refractivity contribution in [3.8, 4) is 0 Å². The van der Waals surface area contributed by atoms with Crippen LogP contribution in [-0.2, 0) is 11.2 Å². The van der Waals surface area contributed by atoms with Crippen LogP contribution in [0.1, 0.15) is 57.3 Å². The molecule has 0 radical (unpaired) electrons. The predicted molar refractivity (Wildman–Crippen MR) is 78.2 cm³/mol. The Hall–Kier alpha value is -0.860. The maximum Gasteiger partial charge on any atom is 0.0821 e. The van der Waals surface area contributed by atoms with Crippen LogP contribution in [0.2, 0.25) is 0 Å². The van der Waals surface area contributed by atoms with Gasteiger partial charge in [0.25, 0.3) is 0 Å². The van der Waals surface area contributed by atoms with E-state index in [0.29, 0.717) is 5.92 Å². The molecule has 1 aliphatic rings. The number of benzene rings is 1. The standard InChI is InChI=1S/C17H26O2/c1-17(2,3)19-12-11-14-9-6-8-13-7-4-5-10-15(13)16(14)18/h4-5,7,10,14,16,18H,6,8-9,11-12H2,1-3H3. The molecular weight excluding hydrogens is 236 g/mol. The Morgan fingerprint density at radius 2 is 2.00 bits per heavy atom. The SMILES string of the molecule is CC(C)(C)OCCC1CCCc2ccccc2C1O. The number of ether oxygens (including phenoxy) is 1. The van der Waals surface area contributed by atoms with Gasteiger partial charge in [0.2, 0.25) is 0 Å². The Balaban J connectivity index is 1.99. The van der Waals surface area contributed by atoms with E-state index in [-0.39, 0.29) is 11.7 Å². The Labute approximate surface area is 116 Å². The van der Waals surface area contributed by atoms with Gasteiger partial charge in [-0.1, -0.05) is 24.3 Å². The van der Waals surface area contributed by atoms with Crippen molar-refractivity contribution in [2.24, 2.45) is 5.92 Å². The number of fused-ring (bicyclic) bond motifs is 1. The maximum atomic E-state index is 10.6. The number of hydrogen-bond donors (Lipinski definition) is 1. The maximum absolute atomic E-state index is 10.6. The fourth-order valence-corrected chi connectivity index (χ4v) is 2.84. The molecule has 0 spiro atoms. The molecule has 0 bridgehead atoms. The summed E-state index contributed by atoms with van der Waals surface area (Å²) in [7, 11) is 0. The minimum atomic E-state index is -0.331. The fraction of sp³-hybridized carbons (Fsp3) is 0.647. The summed E-state index contributed by atoms with van der Waals surface area (Å²) in [5, 5.41) is 10.6. The number of hydrogen-bond acceptors (Lipinski definition) is 2. The topological polar surface area (TPSA) is 29.5 Å². The van der Waals surface area contributed by atoms with Crippen molar-refractivity contribution in [3.05, 3.63) is 35.4 Å². The monoisotopic (exact) mass is 262 g/mol. The average Bonchev–Trinajstić information content (AvgIpc) is 2.49. The van der Waals surface area contributed by atoms with E-state index < -0.39 is 0 Å². The third kappa shape index (κ3) is 4.05. The van der Waals surface area contributed by atoms with Crippen LogP contribution < -0.4 is 0 Å². The summed E-state index contributed by atoms with van der Waals surface area (Å²) in [6.45, 7) is 6.96. The summed E-state index contributed by atoms with van der Waals surface area (Å²) in [5.74, 6) is 0.325. The van der Waals surface area contributed by atoms with Crippen LogP contribution in [0, 0.1) is 5.92 Å². The van der Waals surface area contributed by atoms with E-state index in [1.165, 1.54) is 5.56 Å². The van der Waals surface area contributed by atoms with E-state index in [0.717, 1.165) is 37.9 Å². The lowest BCUT2D eigenvalue weighted by molar-refractivity contribution is -0.0200. The lowest BCUT2D eigenvalue weighted by Crippen LogP contribution is -2.22. The fourth-order valence-electron chi connectivity index (χ4n) is 2.84. The van der Waals surface area contributed by atoms with Crippen molar-refractivity contribution in [3.63, 3.8) is 0 Å². The zero-order valence-corrected chi connectivity index (χ0v) is 12.4. The molecule has 0 saturated heterocycles. The minimum absolute atomic E-state index is 0.0897. The van der Waals surface area contributed by atoms with E-state index >= 15 is 0 Å². The second-order valence-corrected chi connectivity index (χ2v) is 6.55. The van der Waals surface area contributed by atoms with Crippen molar-refractivity contribution in [2.75, 3.05) is 6.61 Å². The first-order chi connectivity index (χ1) is 8.97. The lowest BCUT2D eigenvalue weighted by Gasteiger charge is -2.25. The summed E-state index contributed by atoms with van der Waals surface area (Å²) in [5.41, 5.74) is 2.35. The molecule has 1 N–H and O–H groups in total. The van der Waals surface area contributed by atoms with Crippen LogP contribution in [-0.4, -0.2) is 17.3 Å². The highest BCUT2D eigenvalue weighted by Crippen LogP contribution is 2.35. The average molecular weight is 262 g/mol. The van der Waals surface area contributed by atoms with Gasteiger partial charge in [-0.15, -0.1) is 0 Å². The number of aliphatic hydroxyl groups excluding tert-OH is 1. The zero-order valence-electron chi connectivity index (χ0n) is 12.4. The van der Waals surface area contributed by atoms with Crippen molar-refractivity contribution >= 4 is 0 Å². The van der Waals surface area contributed by atoms with Gasteiger partial charge < -0.3 is 9.84 Å². The summed E-state index contributed by atoms with van der Waals surface area (Å²) in [6, 6.07) is 8.31. The van der Waals surface area contributed by atoms with Gasteiger partial charge in [0.1, 0.15) is 0 Å². The van der Waals surface area contributed by atoms with E-state index in [2.05, 4.69) is 39.0 Å². The van der Waals surface area contributed by atoms with Crippen LogP contribution in [0.25, 0.3) is 0 Å². The van der Waals surface area contributed by atoms with Crippen LogP contribution in [0.15, 0.2) is 24.3 Å². The Morgan fingerprint density at radius 1 is 1.26 bits per heavy atom. The first kappa shape index (κ1) is 14.5. The highest BCUT2D eigenvalue weighted by molar-refractivity contribution is 5.30. The van der Waals surface area contributed by atoms with Gasteiger partial charge in [-0.2, -0.15) is 0 Å². The van der Waals surface area contributed by atoms with Crippen LogP contribution in [0.3, 0.4) is 0 Å². The molecule has 0 saturated carbocycles. The normalized spacial score (nSPS) is 23.8. The molecule has 0 fully saturated rings. The van der Waals surface area contributed by atoms with Crippen molar-refractivity contribution in [2.45, 2.75) is 58.2 Å². The van der Waals surface area contributed by atoms with Crippen molar-refractivity contribution in [1.29, 1.82) is 0 Å². The van der Waals surface area contributed by atoms with E-state index in [1.807, 2.05) is 6.07 Å². The second kappa shape index (κ2) is 6.06. The summed E-state index contributed by atoms with van der Waals surface area (Å²) >= 11 is 0. The first-order valence-corrected chi connectivity index (χ1v) is 7.37. The first-order valence-electron chi connectivity index (χ1n) is 7.37.